The molecule has 0 bridgehead atoms. The van der Waals surface area contributed by atoms with E-state index in [1.54, 1.807) is 0 Å². The molecule has 0 atom stereocenters. The second-order valence-corrected chi connectivity index (χ2v) is 5.30. The van der Waals surface area contributed by atoms with Gasteiger partial charge in [0.2, 0.25) is 5.89 Å². The fourth-order valence-corrected chi connectivity index (χ4v) is 2.18. The maximum Gasteiger partial charge on any atom is 0.322 e. The number of carbonyl (C=O) groups excluding carboxylic acids is 1. The third-order valence-electron chi connectivity index (χ3n) is 2.82. The Kier molecular flexibility index (Phi) is 3.97. The number of aromatic nitrogens is 2. The highest BCUT2D eigenvalue weighted by Crippen LogP contribution is 2.23. The summed E-state index contributed by atoms with van der Waals surface area (Å²) in [5.74, 6) is -0.577. The van der Waals surface area contributed by atoms with Crippen LogP contribution in [0.2, 0.25) is 0 Å². The topological polar surface area (TPSA) is 68.0 Å². The van der Waals surface area contributed by atoms with Gasteiger partial charge in [-0.25, -0.2) is 4.39 Å². The van der Waals surface area contributed by atoms with Crippen molar-refractivity contribution >= 4 is 27.9 Å². The molecule has 0 fully saturated rings. The van der Waals surface area contributed by atoms with Crippen LogP contribution in [0.1, 0.15) is 10.4 Å². The van der Waals surface area contributed by atoms with Gasteiger partial charge >= 0.3 is 6.01 Å². The SMILES string of the molecule is O=C(Nc1nnc(-c2cccc(Br)c2)o1)c1ccc(F)cc1. The van der Waals surface area contributed by atoms with E-state index >= 15 is 0 Å². The van der Waals surface area contributed by atoms with Crippen molar-refractivity contribution in [2.24, 2.45) is 0 Å². The molecular weight excluding hydrogens is 353 g/mol. The van der Waals surface area contributed by atoms with Crippen LogP contribution in [0.5, 0.6) is 0 Å². The molecule has 3 aromatic rings. The van der Waals surface area contributed by atoms with Crippen LogP contribution >= 0.6 is 15.9 Å². The Labute approximate surface area is 133 Å². The van der Waals surface area contributed by atoms with Gasteiger partial charge in [0.25, 0.3) is 5.91 Å². The molecule has 0 spiro atoms. The molecule has 0 saturated carbocycles. The molecule has 2 aromatic carbocycles. The summed E-state index contributed by atoms with van der Waals surface area (Å²) < 4.78 is 19.1. The quantitative estimate of drug-likeness (QED) is 0.768. The van der Waals surface area contributed by atoms with Crippen LogP contribution in [0, 0.1) is 5.82 Å². The molecule has 0 aliphatic carbocycles. The smallest absolute Gasteiger partial charge is 0.322 e. The number of benzene rings is 2. The molecule has 0 saturated heterocycles. The van der Waals surface area contributed by atoms with E-state index in [1.165, 1.54) is 24.3 Å². The molecule has 0 unspecified atom stereocenters. The van der Waals surface area contributed by atoms with Gasteiger partial charge < -0.3 is 4.42 Å². The summed E-state index contributed by atoms with van der Waals surface area (Å²) in [6.07, 6.45) is 0. The van der Waals surface area contributed by atoms with E-state index in [0.29, 0.717) is 5.56 Å². The summed E-state index contributed by atoms with van der Waals surface area (Å²) in [5.41, 5.74) is 1.02. The van der Waals surface area contributed by atoms with Crippen LogP contribution in [0.3, 0.4) is 0 Å². The first-order chi connectivity index (χ1) is 10.6. The molecule has 0 aliphatic heterocycles. The highest BCUT2D eigenvalue weighted by Gasteiger charge is 2.13. The maximum absolute atomic E-state index is 12.8. The fraction of sp³-hybridized carbons (Fsp3) is 0. The van der Waals surface area contributed by atoms with Gasteiger partial charge in [-0.05, 0) is 42.5 Å². The average Bonchev–Trinajstić information content (AvgIpc) is 2.96. The number of halogens is 2. The van der Waals surface area contributed by atoms with Crippen LogP contribution < -0.4 is 5.32 Å². The molecule has 7 heteroatoms. The third-order valence-corrected chi connectivity index (χ3v) is 3.32. The number of nitrogens with one attached hydrogen (secondary N) is 1. The van der Waals surface area contributed by atoms with Crippen molar-refractivity contribution in [2.75, 3.05) is 5.32 Å². The number of hydrogen-bond donors (Lipinski definition) is 1. The van der Waals surface area contributed by atoms with Gasteiger partial charge in [0, 0.05) is 15.6 Å². The molecule has 0 radical (unpaired) electrons. The second-order valence-electron chi connectivity index (χ2n) is 4.38. The molecule has 110 valence electrons. The Morgan fingerprint density at radius 3 is 2.64 bits per heavy atom. The first-order valence-electron chi connectivity index (χ1n) is 6.28. The molecule has 0 aliphatic rings. The summed E-state index contributed by atoms with van der Waals surface area (Å²) in [7, 11) is 0. The summed E-state index contributed by atoms with van der Waals surface area (Å²) in [4.78, 5) is 12.0. The maximum atomic E-state index is 12.8. The van der Waals surface area contributed by atoms with E-state index in [4.69, 9.17) is 4.42 Å². The number of nitrogens with zero attached hydrogens (tertiary/aromatic N) is 2. The average molecular weight is 362 g/mol. The van der Waals surface area contributed by atoms with Crippen molar-refractivity contribution in [3.8, 4) is 11.5 Å². The van der Waals surface area contributed by atoms with Crippen LogP contribution in [0.25, 0.3) is 11.5 Å². The van der Waals surface area contributed by atoms with Gasteiger partial charge in [-0.1, -0.05) is 27.1 Å². The van der Waals surface area contributed by atoms with Crippen LogP contribution in [0.15, 0.2) is 57.4 Å². The van der Waals surface area contributed by atoms with Gasteiger partial charge in [0.05, 0.1) is 0 Å². The van der Waals surface area contributed by atoms with Crippen molar-refractivity contribution in [3.05, 3.63) is 64.4 Å². The number of amides is 1. The normalized spacial score (nSPS) is 10.5. The highest BCUT2D eigenvalue weighted by atomic mass is 79.9. The summed E-state index contributed by atoms with van der Waals surface area (Å²) in [5, 5.41) is 10.1. The minimum Gasteiger partial charge on any atom is -0.403 e. The Balaban J connectivity index is 1.77. The number of rotatable bonds is 3. The highest BCUT2D eigenvalue weighted by molar-refractivity contribution is 9.10. The molecule has 1 heterocycles. The number of carbonyl (C=O) groups is 1. The zero-order chi connectivity index (χ0) is 15.5. The Morgan fingerprint density at radius 2 is 1.91 bits per heavy atom. The molecular formula is C15H9BrFN3O2. The molecule has 3 rings (SSSR count). The third kappa shape index (κ3) is 3.20. The van der Waals surface area contributed by atoms with Crippen molar-refractivity contribution in [1.29, 1.82) is 0 Å². The second kappa shape index (κ2) is 6.07. The lowest BCUT2D eigenvalue weighted by molar-refractivity contribution is 0.102. The zero-order valence-electron chi connectivity index (χ0n) is 11.1. The predicted molar refractivity (Wildman–Crippen MR) is 81.8 cm³/mol. The predicted octanol–water partition coefficient (Wildman–Crippen LogP) is 3.89. The summed E-state index contributed by atoms with van der Waals surface area (Å²) >= 11 is 3.35. The van der Waals surface area contributed by atoms with E-state index in [1.807, 2.05) is 24.3 Å². The molecule has 1 aromatic heterocycles. The first kappa shape index (κ1) is 14.4. The van der Waals surface area contributed by atoms with E-state index in [9.17, 15) is 9.18 Å². The monoisotopic (exact) mass is 361 g/mol. The minimum absolute atomic E-state index is 0.0238. The first-order valence-corrected chi connectivity index (χ1v) is 7.07. The zero-order valence-corrected chi connectivity index (χ0v) is 12.7. The molecule has 1 amide bonds. The van der Waals surface area contributed by atoms with Gasteiger partial charge in [0.15, 0.2) is 0 Å². The van der Waals surface area contributed by atoms with E-state index in [-0.39, 0.29) is 11.9 Å². The fourth-order valence-electron chi connectivity index (χ4n) is 1.78. The van der Waals surface area contributed by atoms with Gasteiger partial charge in [-0.2, -0.15) is 0 Å². The molecule has 1 N–H and O–H groups in total. The lowest BCUT2D eigenvalue weighted by atomic mass is 10.2. The van der Waals surface area contributed by atoms with Crippen LogP contribution in [0.4, 0.5) is 10.4 Å². The van der Waals surface area contributed by atoms with E-state index in [2.05, 4.69) is 31.4 Å². The summed E-state index contributed by atoms with van der Waals surface area (Å²) in [6.45, 7) is 0. The Morgan fingerprint density at radius 1 is 1.14 bits per heavy atom. The lowest BCUT2D eigenvalue weighted by Gasteiger charge is -2.00. The van der Waals surface area contributed by atoms with Gasteiger partial charge in [-0.3, -0.25) is 10.1 Å². The van der Waals surface area contributed by atoms with Crippen LogP contribution in [-0.2, 0) is 0 Å². The van der Waals surface area contributed by atoms with Gasteiger partial charge in [0.1, 0.15) is 5.82 Å². The lowest BCUT2D eigenvalue weighted by Crippen LogP contribution is -2.12. The number of anilines is 1. The number of hydrogen-bond acceptors (Lipinski definition) is 4. The Bertz CT molecular complexity index is 818. The van der Waals surface area contributed by atoms with Crippen molar-refractivity contribution in [2.45, 2.75) is 0 Å². The Hall–Kier alpha value is -2.54. The van der Waals surface area contributed by atoms with E-state index in [0.717, 1.165) is 10.0 Å². The van der Waals surface area contributed by atoms with Crippen molar-refractivity contribution in [1.82, 2.24) is 10.2 Å². The standard InChI is InChI=1S/C15H9BrFN3O2/c16-11-3-1-2-10(8-11)14-19-20-15(22-14)18-13(21)9-4-6-12(17)7-5-9/h1-8H,(H,18,20,21). The largest absolute Gasteiger partial charge is 0.403 e. The van der Waals surface area contributed by atoms with Gasteiger partial charge in [-0.15, -0.1) is 5.10 Å². The summed E-state index contributed by atoms with van der Waals surface area (Å²) in [6, 6.07) is 12.5. The van der Waals surface area contributed by atoms with Crippen molar-refractivity contribution in [3.63, 3.8) is 0 Å². The molecule has 5 nitrogen and oxygen atoms in total. The van der Waals surface area contributed by atoms with E-state index < -0.39 is 11.7 Å². The van der Waals surface area contributed by atoms with Crippen molar-refractivity contribution < 1.29 is 13.6 Å². The van der Waals surface area contributed by atoms with Crippen LogP contribution in [-0.4, -0.2) is 16.1 Å². The molecule has 22 heavy (non-hydrogen) atoms. The minimum atomic E-state index is -0.454.